The first-order chi connectivity index (χ1) is 12.1. The van der Waals surface area contributed by atoms with Crippen LogP contribution in [0.1, 0.15) is 21.5 Å². The van der Waals surface area contributed by atoms with E-state index in [1.807, 2.05) is 30.5 Å². The summed E-state index contributed by atoms with van der Waals surface area (Å²) in [7, 11) is 0. The monoisotopic (exact) mass is 387 g/mol. The van der Waals surface area contributed by atoms with E-state index >= 15 is 0 Å². The van der Waals surface area contributed by atoms with Gasteiger partial charge in [-0.3, -0.25) is 10.1 Å². The lowest BCUT2D eigenvalue weighted by Gasteiger charge is -2.05. The van der Waals surface area contributed by atoms with Crippen LogP contribution in [-0.2, 0) is 5.75 Å². The number of aromatic nitrogens is 2. The lowest BCUT2D eigenvalue weighted by molar-refractivity contribution is 0.102. The van der Waals surface area contributed by atoms with Gasteiger partial charge in [-0.05, 0) is 43.0 Å². The number of carbonyl (C=O) groups is 1. The fourth-order valence-electron chi connectivity index (χ4n) is 2.07. The number of benzene rings is 2. The van der Waals surface area contributed by atoms with Crippen LogP contribution in [0.4, 0.5) is 5.13 Å². The molecule has 1 aromatic heterocycles. The van der Waals surface area contributed by atoms with Crippen molar-refractivity contribution in [2.24, 2.45) is 0 Å². The lowest BCUT2D eigenvalue weighted by Crippen LogP contribution is -2.11. The van der Waals surface area contributed by atoms with Crippen LogP contribution in [0, 0.1) is 6.92 Å². The summed E-state index contributed by atoms with van der Waals surface area (Å²) in [6, 6.07) is 16.2. The Balaban J connectivity index is 1.57. The second-order valence-electron chi connectivity index (χ2n) is 5.33. The Hall–Kier alpha value is -1.83. The van der Waals surface area contributed by atoms with Crippen LogP contribution in [0.15, 0.2) is 57.8 Å². The van der Waals surface area contributed by atoms with Gasteiger partial charge in [-0.2, -0.15) is 0 Å². The van der Waals surface area contributed by atoms with Crippen LogP contribution in [-0.4, -0.2) is 22.4 Å². The molecule has 0 fully saturated rings. The number of thioether (sulfide) groups is 2. The average Bonchev–Trinajstić information content (AvgIpc) is 3.09. The number of amides is 1. The summed E-state index contributed by atoms with van der Waals surface area (Å²) < 4.78 is 0.832. The summed E-state index contributed by atoms with van der Waals surface area (Å²) in [6.45, 7) is 2.09. The molecule has 7 heteroatoms. The van der Waals surface area contributed by atoms with Gasteiger partial charge in [-0.15, -0.1) is 22.0 Å². The SMILES string of the molecule is CSc1nnc(NC(=O)c2ccc(CSc3ccc(C)cc3)cc2)s1. The maximum absolute atomic E-state index is 12.2. The molecule has 0 bridgehead atoms. The van der Waals surface area contributed by atoms with Gasteiger partial charge in [0.15, 0.2) is 4.34 Å². The fourth-order valence-corrected chi connectivity index (χ4v) is 4.08. The Morgan fingerprint density at radius 1 is 1.08 bits per heavy atom. The number of aryl methyl sites for hydroxylation is 1. The lowest BCUT2D eigenvalue weighted by atomic mass is 10.1. The molecule has 3 rings (SSSR count). The van der Waals surface area contributed by atoms with Crippen molar-refractivity contribution < 1.29 is 4.79 Å². The first kappa shape index (κ1) is 18.0. The van der Waals surface area contributed by atoms with E-state index in [2.05, 4.69) is 46.7 Å². The highest BCUT2D eigenvalue weighted by atomic mass is 32.2. The van der Waals surface area contributed by atoms with Gasteiger partial charge in [0.05, 0.1) is 0 Å². The third-order valence-corrected chi connectivity index (χ3v) is 6.34. The van der Waals surface area contributed by atoms with Crippen LogP contribution in [0.3, 0.4) is 0 Å². The Kier molecular flexibility index (Phi) is 6.12. The number of rotatable bonds is 6. The molecule has 0 saturated carbocycles. The average molecular weight is 388 g/mol. The van der Waals surface area contributed by atoms with Gasteiger partial charge in [0.2, 0.25) is 5.13 Å². The van der Waals surface area contributed by atoms with Crippen molar-refractivity contribution in [3.8, 4) is 0 Å². The van der Waals surface area contributed by atoms with E-state index in [0.717, 1.165) is 10.1 Å². The highest BCUT2D eigenvalue weighted by Crippen LogP contribution is 2.25. The fraction of sp³-hybridized carbons (Fsp3) is 0.167. The molecule has 1 heterocycles. The van der Waals surface area contributed by atoms with Crippen LogP contribution < -0.4 is 5.32 Å². The van der Waals surface area contributed by atoms with Gasteiger partial charge in [-0.25, -0.2) is 0 Å². The molecule has 0 spiro atoms. The largest absolute Gasteiger partial charge is 0.296 e. The number of carbonyl (C=O) groups excluding carboxylic acids is 1. The van der Waals surface area contributed by atoms with Gasteiger partial charge < -0.3 is 0 Å². The Morgan fingerprint density at radius 3 is 2.44 bits per heavy atom. The van der Waals surface area contributed by atoms with Crippen LogP contribution in [0.2, 0.25) is 0 Å². The van der Waals surface area contributed by atoms with Crippen LogP contribution >= 0.6 is 34.9 Å². The van der Waals surface area contributed by atoms with E-state index < -0.39 is 0 Å². The van der Waals surface area contributed by atoms with Crippen molar-refractivity contribution in [1.29, 1.82) is 0 Å². The van der Waals surface area contributed by atoms with Gasteiger partial charge in [-0.1, -0.05) is 52.9 Å². The van der Waals surface area contributed by atoms with Gasteiger partial charge in [0.25, 0.3) is 5.91 Å². The summed E-state index contributed by atoms with van der Waals surface area (Å²) in [5.74, 6) is 0.708. The van der Waals surface area contributed by atoms with Gasteiger partial charge in [0, 0.05) is 16.2 Å². The maximum atomic E-state index is 12.2. The van der Waals surface area contributed by atoms with Crippen LogP contribution in [0.5, 0.6) is 0 Å². The molecule has 0 aliphatic carbocycles. The van der Waals surface area contributed by atoms with Gasteiger partial charge >= 0.3 is 0 Å². The van der Waals surface area contributed by atoms with Crippen molar-refractivity contribution in [2.45, 2.75) is 21.9 Å². The molecule has 1 N–H and O–H groups in total. The molecule has 0 aliphatic heterocycles. The van der Waals surface area contributed by atoms with E-state index in [4.69, 9.17) is 0 Å². The van der Waals surface area contributed by atoms with Crippen molar-refractivity contribution >= 4 is 45.9 Å². The maximum Gasteiger partial charge on any atom is 0.257 e. The number of hydrogen-bond donors (Lipinski definition) is 1. The normalized spacial score (nSPS) is 10.6. The quantitative estimate of drug-likeness (QED) is 0.470. The summed E-state index contributed by atoms with van der Waals surface area (Å²) in [5, 5.41) is 11.2. The predicted octanol–water partition coefficient (Wildman–Crippen LogP) is 5.11. The first-order valence-electron chi connectivity index (χ1n) is 7.61. The predicted molar refractivity (Wildman–Crippen MR) is 107 cm³/mol. The van der Waals surface area contributed by atoms with Crippen molar-refractivity contribution in [1.82, 2.24) is 10.2 Å². The third kappa shape index (κ3) is 5.07. The first-order valence-corrected chi connectivity index (χ1v) is 10.6. The van der Waals surface area contributed by atoms with E-state index in [0.29, 0.717) is 10.7 Å². The number of anilines is 1. The molecule has 3 aromatic rings. The molecule has 0 saturated heterocycles. The smallest absolute Gasteiger partial charge is 0.257 e. The minimum atomic E-state index is -0.165. The standard InChI is InChI=1S/C18H17N3OS3/c1-12-3-9-15(10-4-12)24-11-13-5-7-14(8-6-13)16(22)19-17-20-21-18(23-2)25-17/h3-10H,11H2,1-2H3,(H,19,20,22). The van der Waals surface area contributed by atoms with Crippen molar-refractivity contribution in [3.63, 3.8) is 0 Å². The molecular weight excluding hydrogens is 370 g/mol. The molecule has 2 aromatic carbocycles. The molecule has 0 radical (unpaired) electrons. The topological polar surface area (TPSA) is 54.9 Å². The molecule has 0 atom stereocenters. The van der Waals surface area contributed by atoms with E-state index in [-0.39, 0.29) is 5.91 Å². The molecule has 0 aliphatic rings. The Labute approximate surface area is 159 Å². The van der Waals surface area contributed by atoms with E-state index in [1.54, 1.807) is 11.8 Å². The molecule has 0 unspecified atom stereocenters. The Morgan fingerprint density at radius 2 is 1.80 bits per heavy atom. The van der Waals surface area contributed by atoms with Crippen LogP contribution in [0.25, 0.3) is 0 Å². The minimum Gasteiger partial charge on any atom is -0.296 e. The summed E-state index contributed by atoms with van der Waals surface area (Å²) in [4.78, 5) is 13.5. The molecule has 25 heavy (non-hydrogen) atoms. The second-order valence-corrected chi connectivity index (χ2v) is 8.41. The third-order valence-electron chi connectivity index (χ3n) is 3.44. The van der Waals surface area contributed by atoms with E-state index in [9.17, 15) is 4.79 Å². The van der Waals surface area contributed by atoms with Gasteiger partial charge in [0.1, 0.15) is 0 Å². The zero-order chi connectivity index (χ0) is 17.6. The number of nitrogens with one attached hydrogen (secondary N) is 1. The highest BCUT2D eigenvalue weighted by Gasteiger charge is 2.10. The van der Waals surface area contributed by atoms with Crippen molar-refractivity contribution in [3.05, 3.63) is 65.2 Å². The van der Waals surface area contributed by atoms with Crippen molar-refractivity contribution in [2.75, 3.05) is 11.6 Å². The molecule has 4 nitrogen and oxygen atoms in total. The zero-order valence-corrected chi connectivity index (χ0v) is 16.3. The summed E-state index contributed by atoms with van der Waals surface area (Å²) in [5.41, 5.74) is 3.06. The summed E-state index contributed by atoms with van der Waals surface area (Å²) >= 11 is 4.67. The number of nitrogens with zero attached hydrogens (tertiary/aromatic N) is 2. The zero-order valence-electron chi connectivity index (χ0n) is 13.9. The number of hydrogen-bond acceptors (Lipinski definition) is 6. The highest BCUT2D eigenvalue weighted by molar-refractivity contribution is 8.00. The Bertz CT molecular complexity index is 845. The molecule has 128 valence electrons. The molecule has 1 amide bonds. The second kappa shape index (κ2) is 8.51. The van der Waals surface area contributed by atoms with E-state index in [1.165, 1.54) is 39.1 Å². The molecular formula is C18H17N3OS3. The summed E-state index contributed by atoms with van der Waals surface area (Å²) in [6.07, 6.45) is 1.93. The minimum absolute atomic E-state index is 0.165.